The van der Waals surface area contributed by atoms with E-state index in [2.05, 4.69) is 10.6 Å². The van der Waals surface area contributed by atoms with Crippen LogP contribution in [0.3, 0.4) is 0 Å². The molecule has 1 aromatic heterocycles. The van der Waals surface area contributed by atoms with E-state index < -0.39 is 24.0 Å². The number of hydrogen-bond acceptors (Lipinski definition) is 5. The van der Waals surface area contributed by atoms with Gasteiger partial charge in [0.15, 0.2) is 12.2 Å². The van der Waals surface area contributed by atoms with E-state index in [4.69, 9.17) is 4.42 Å². The maximum Gasteiger partial charge on any atom is 0.252 e. The third kappa shape index (κ3) is 4.94. The molecule has 2 aromatic rings. The van der Waals surface area contributed by atoms with Crippen molar-refractivity contribution >= 4 is 11.8 Å². The minimum absolute atomic E-state index is 0.0568. The number of furan rings is 1. The fourth-order valence-electron chi connectivity index (χ4n) is 1.87. The molecule has 7 heteroatoms. The van der Waals surface area contributed by atoms with Crippen molar-refractivity contribution < 1.29 is 24.2 Å². The van der Waals surface area contributed by atoms with E-state index in [-0.39, 0.29) is 13.1 Å². The van der Waals surface area contributed by atoms with Crippen molar-refractivity contribution in [1.29, 1.82) is 0 Å². The third-order valence-corrected chi connectivity index (χ3v) is 3.16. The Morgan fingerprint density at radius 2 is 1.52 bits per heavy atom. The van der Waals surface area contributed by atoms with Crippen LogP contribution in [0.15, 0.2) is 53.1 Å². The Morgan fingerprint density at radius 3 is 2.09 bits per heavy atom. The Bertz CT molecular complexity index is 627. The molecule has 0 fully saturated rings. The molecule has 0 unspecified atom stereocenters. The van der Waals surface area contributed by atoms with Gasteiger partial charge in [0.25, 0.3) is 11.8 Å². The van der Waals surface area contributed by atoms with Gasteiger partial charge < -0.3 is 25.3 Å². The molecular weight excluding hydrogens is 300 g/mol. The number of benzene rings is 1. The number of aliphatic hydroxyl groups is 2. The van der Waals surface area contributed by atoms with Crippen LogP contribution in [-0.4, -0.2) is 34.2 Å². The summed E-state index contributed by atoms with van der Waals surface area (Å²) in [5.41, 5.74) is 0.838. The van der Waals surface area contributed by atoms with Crippen molar-refractivity contribution in [2.45, 2.75) is 25.3 Å². The predicted molar refractivity (Wildman–Crippen MR) is 80.9 cm³/mol. The molecule has 0 bridgehead atoms. The highest BCUT2D eigenvalue weighted by Crippen LogP contribution is 2.02. The predicted octanol–water partition coefficient (Wildman–Crippen LogP) is -0.0660. The number of carbonyl (C=O) groups excluding carboxylic acids is 2. The third-order valence-electron chi connectivity index (χ3n) is 3.16. The summed E-state index contributed by atoms with van der Waals surface area (Å²) in [6.45, 7) is 0.249. The molecule has 0 spiro atoms. The second kappa shape index (κ2) is 8.11. The van der Waals surface area contributed by atoms with Gasteiger partial charge in [0, 0.05) is 6.54 Å². The standard InChI is InChI=1S/C16H18N2O5/c19-13(15(21)17-9-11-5-2-1-3-6-11)14(20)16(22)18-10-12-7-4-8-23-12/h1-8,13-14,19-20H,9-10H2,(H,17,21)(H,18,22)/t13-,14-/m1/s1. The average Bonchev–Trinajstić information content (AvgIpc) is 3.10. The first-order chi connectivity index (χ1) is 11.1. The van der Waals surface area contributed by atoms with E-state index in [0.29, 0.717) is 5.76 Å². The Kier molecular flexibility index (Phi) is 5.90. The van der Waals surface area contributed by atoms with Gasteiger partial charge in [0.05, 0.1) is 12.8 Å². The van der Waals surface area contributed by atoms with Crippen molar-refractivity contribution in [2.75, 3.05) is 0 Å². The molecule has 23 heavy (non-hydrogen) atoms. The van der Waals surface area contributed by atoms with Gasteiger partial charge in [-0.15, -0.1) is 0 Å². The van der Waals surface area contributed by atoms with Crippen LogP contribution in [0.2, 0.25) is 0 Å². The van der Waals surface area contributed by atoms with E-state index in [0.717, 1.165) is 5.56 Å². The summed E-state index contributed by atoms with van der Waals surface area (Å²) in [6, 6.07) is 12.4. The molecule has 0 saturated heterocycles. The van der Waals surface area contributed by atoms with Gasteiger partial charge in [0.1, 0.15) is 5.76 Å². The molecule has 122 valence electrons. The Labute approximate surface area is 132 Å². The van der Waals surface area contributed by atoms with Crippen molar-refractivity contribution in [3.8, 4) is 0 Å². The van der Waals surface area contributed by atoms with Gasteiger partial charge in [-0.05, 0) is 17.7 Å². The number of hydrogen-bond donors (Lipinski definition) is 4. The summed E-state index contributed by atoms with van der Waals surface area (Å²) in [5, 5.41) is 24.3. The molecule has 0 aliphatic heterocycles. The van der Waals surface area contributed by atoms with Crippen molar-refractivity contribution in [1.82, 2.24) is 10.6 Å². The summed E-state index contributed by atoms with van der Waals surface area (Å²) in [6.07, 6.45) is -2.26. The van der Waals surface area contributed by atoms with E-state index in [1.165, 1.54) is 6.26 Å². The van der Waals surface area contributed by atoms with Crippen LogP contribution in [-0.2, 0) is 22.7 Å². The lowest BCUT2D eigenvalue weighted by molar-refractivity contribution is -0.146. The molecule has 2 atom stereocenters. The molecule has 0 saturated carbocycles. The molecular formula is C16H18N2O5. The number of nitrogens with one attached hydrogen (secondary N) is 2. The quantitative estimate of drug-likeness (QED) is 0.571. The highest BCUT2D eigenvalue weighted by atomic mass is 16.3. The van der Waals surface area contributed by atoms with Gasteiger partial charge in [-0.3, -0.25) is 9.59 Å². The van der Waals surface area contributed by atoms with E-state index in [1.54, 1.807) is 24.3 Å². The SMILES string of the molecule is O=C(NCc1ccccc1)[C@H](O)[C@@H](O)C(=O)NCc1ccco1. The van der Waals surface area contributed by atoms with Crippen LogP contribution in [0.4, 0.5) is 0 Å². The Hall–Kier alpha value is -2.64. The number of rotatable bonds is 7. The van der Waals surface area contributed by atoms with E-state index >= 15 is 0 Å². The maximum absolute atomic E-state index is 11.8. The molecule has 2 amide bonds. The van der Waals surface area contributed by atoms with Crippen molar-refractivity contribution in [3.05, 3.63) is 60.1 Å². The first-order valence-electron chi connectivity index (χ1n) is 7.06. The van der Waals surface area contributed by atoms with Gasteiger partial charge in [-0.2, -0.15) is 0 Å². The summed E-state index contributed by atoms with van der Waals surface area (Å²) >= 11 is 0. The second-order valence-electron chi connectivity index (χ2n) is 4.89. The smallest absolute Gasteiger partial charge is 0.252 e. The molecule has 1 heterocycles. The molecule has 4 N–H and O–H groups in total. The molecule has 0 radical (unpaired) electrons. The monoisotopic (exact) mass is 318 g/mol. The van der Waals surface area contributed by atoms with Crippen molar-refractivity contribution in [3.63, 3.8) is 0 Å². The summed E-state index contributed by atoms with van der Waals surface area (Å²) in [5.74, 6) is -1.19. The Morgan fingerprint density at radius 1 is 0.913 bits per heavy atom. The van der Waals surface area contributed by atoms with E-state index in [9.17, 15) is 19.8 Å². The zero-order valence-electron chi connectivity index (χ0n) is 12.3. The topological polar surface area (TPSA) is 112 Å². The highest BCUT2D eigenvalue weighted by Gasteiger charge is 2.30. The van der Waals surface area contributed by atoms with Crippen LogP contribution in [0.25, 0.3) is 0 Å². The van der Waals surface area contributed by atoms with Crippen molar-refractivity contribution in [2.24, 2.45) is 0 Å². The summed E-state index contributed by atoms with van der Waals surface area (Å²) < 4.78 is 5.02. The molecule has 7 nitrogen and oxygen atoms in total. The van der Waals surface area contributed by atoms with Gasteiger partial charge in [-0.1, -0.05) is 30.3 Å². The fraction of sp³-hybridized carbons (Fsp3) is 0.250. The van der Waals surface area contributed by atoms with Crippen LogP contribution < -0.4 is 10.6 Å². The van der Waals surface area contributed by atoms with Crippen LogP contribution >= 0.6 is 0 Å². The Balaban J connectivity index is 1.79. The minimum Gasteiger partial charge on any atom is -0.467 e. The largest absolute Gasteiger partial charge is 0.467 e. The first-order valence-corrected chi connectivity index (χ1v) is 7.06. The maximum atomic E-state index is 11.8. The lowest BCUT2D eigenvalue weighted by Crippen LogP contribution is -2.49. The van der Waals surface area contributed by atoms with Crippen LogP contribution in [0, 0.1) is 0 Å². The number of carbonyl (C=O) groups is 2. The van der Waals surface area contributed by atoms with Crippen LogP contribution in [0.1, 0.15) is 11.3 Å². The number of amides is 2. The van der Waals surface area contributed by atoms with E-state index in [1.807, 2.05) is 18.2 Å². The van der Waals surface area contributed by atoms with Crippen LogP contribution in [0.5, 0.6) is 0 Å². The van der Waals surface area contributed by atoms with Gasteiger partial charge in [-0.25, -0.2) is 0 Å². The average molecular weight is 318 g/mol. The highest BCUT2D eigenvalue weighted by molar-refractivity contribution is 5.90. The number of aliphatic hydroxyl groups excluding tert-OH is 2. The fourth-order valence-corrected chi connectivity index (χ4v) is 1.87. The summed E-state index contributed by atoms with van der Waals surface area (Å²) in [4.78, 5) is 23.5. The van der Waals surface area contributed by atoms with Gasteiger partial charge >= 0.3 is 0 Å². The minimum atomic E-state index is -1.86. The first kappa shape index (κ1) is 16.7. The lowest BCUT2D eigenvalue weighted by atomic mass is 10.1. The molecule has 2 rings (SSSR count). The zero-order valence-corrected chi connectivity index (χ0v) is 12.3. The molecule has 0 aliphatic rings. The van der Waals surface area contributed by atoms with Gasteiger partial charge in [0.2, 0.25) is 0 Å². The molecule has 0 aliphatic carbocycles. The normalized spacial score (nSPS) is 13.1. The summed E-state index contributed by atoms with van der Waals surface area (Å²) in [7, 11) is 0. The second-order valence-corrected chi connectivity index (χ2v) is 4.89. The molecule has 1 aromatic carbocycles. The zero-order chi connectivity index (χ0) is 16.7. The lowest BCUT2D eigenvalue weighted by Gasteiger charge is -2.17.